The normalized spacial score (nSPS) is 12.1. The minimum absolute atomic E-state index is 0.0217. The Morgan fingerprint density at radius 1 is 1.60 bits per heavy atom. The van der Waals surface area contributed by atoms with Crippen molar-refractivity contribution in [3.63, 3.8) is 0 Å². The average molecular weight is 228 g/mol. The van der Waals surface area contributed by atoms with E-state index in [1.54, 1.807) is 13.0 Å². The molecular weight excluding hydrogens is 218 g/mol. The fourth-order valence-corrected chi connectivity index (χ4v) is 1.42. The highest BCUT2D eigenvalue weighted by atomic mass is 35.5. The van der Waals surface area contributed by atoms with Gasteiger partial charge in [0.05, 0.1) is 5.02 Å². The van der Waals surface area contributed by atoms with E-state index < -0.39 is 17.7 Å². The van der Waals surface area contributed by atoms with Crippen LogP contribution >= 0.6 is 11.6 Å². The summed E-state index contributed by atoms with van der Waals surface area (Å²) in [6.45, 7) is 1.63. The van der Waals surface area contributed by atoms with Gasteiger partial charge in [0.25, 0.3) is 0 Å². The number of rotatable bonds is 4. The van der Waals surface area contributed by atoms with Gasteiger partial charge in [0.15, 0.2) is 5.78 Å². The molecule has 1 heterocycles. The molecule has 0 fully saturated rings. The highest BCUT2D eigenvalue weighted by Crippen LogP contribution is 2.18. The molecule has 0 radical (unpaired) electrons. The molecule has 1 unspecified atom stereocenters. The molecule has 0 aromatic carbocycles. The van der Waals surface area contributed by atoms with Gasteiger partial charge in [-0.2, -0.15) is 0 Å². The first-order valence-electron chi connectivity index (χ1n) is 4.45. The van der Waals surface area contributed by atoms with Crippen LogP contribution in [0.3, 0.4) is 0 Å². The Morgan fingerprint density at radius 3 is 2.73 bits per heavy atom. The molecule has 0 spiro atoms. The molecule has 0 aliphatic heterocycles. The number of Topliss-reactive ketones (excluding diaryl/α,β-unsaturated/α-hetero) is 1. The van der Waals surface area contributed by atoms with Crippen LogP contribution in [0.25, 0.3) is 0 Å². The summed E-state index contributed by atoms with van der Waals surface area (Å²) in [5.41, 5.74) is 0.0217. The molecule has 0 aliphatic carbocycles. The maximum atomic E-state index is 11.7. The third-order valence-electron chi connectivity index (χ3n) is 2.01. The Kier molecular flexibility index (Phi) is 3.80. The monoisotopic (exact) mass is 227 g/mol. The topological polar surface area (TPSA) is 67.3 Å². The Balaban J connectivity index is 3.03. The van der Waals surface area contributed by atoms with Gasteiger partial charge < -0.3 is 5.11 Å². The van der Waals surface area contributed by atoms with E-state index in [-0.39, 0.29) is 17.1 Å². The number of carbonyl (C=O) groups excluding carboxylic acids is 1. The van der Waals surface area contributed by atoms with Gasteiger partial charge in [-0.3, -0.25) is 14.6 Å². The standard InChI is InChI=1S/C10H10ClNO3/c1-2-6(10(14)15)9(13)8-7(11)4-3-5-12-8/h3-6H,2H2,1H3,(H,14,15). The molecule has 0 amide bonds. The number of pyridine rings is 1. The molecule has 80 valence electrons. The minimum Gasteiger partial charge on any atom is -0.481 e. The number of aromatic nitrogens is 1. The van der Waals surface area contributed by atoms with E-state index in [0.29, 0.717) is 0 Å². The lowest BCUT2D eigenvalue weighted by Gasteiger charge is -2.08. The first kappa shape index (κ1) is 11.7. The van der Waals surface area contributed by atoms with E-state index >= 15 is 0 Å². The van der Waals surface area contributed by atoms with Crippen molar-refractivity contribution in [3.05, 3.63) is 29.0 Å². The quantitative estimate of drug-likeness (QED) is 0.631. The van der Waals surface area contributed by atoms with Crippen molar-refractivity contribution in [1.29, 1.82) is 0 Å². The molecule has 4 nitrogen and oxygen atoms in total. The number of nitrogens with zero attached hydrogens (tertiary/aromatic N) is 1. The van der Waals surface area contributed by atoms with Crippen molar-refractivity contribution in [3.8, 4) is 0 Å². The van der Waals surface area contributed by atoms with Crippen LogP contribution in [0.4, 0.5) is 0 Å². The van der Waals surface area contributed by atoms with E-state index in [0.717, 1.165) is 0 Å². The molecule has 1 aromatic rings. The van der Waals surface area contributed by atoms with Crippen LogP contribution in [-0.2, 0) is 4.79 Å². The first-order valence-corrected chi connectivity index (χ1v) is 4.83. The molecule has 0 saturated heterocycles. The zero-order valence-corrected chi connectivity index (χ0v) is 8.86. The SMILES string of the molecule is CCC(C(=O)O)C(=O)c1ncccc1Cl. The van der Waals surface area contributed by atoms with Gasteiger partial charge in [0.2, 0.25) is 0 Å². The van der Waals surface area contributed by atoms with Gasteiger partial charge in [-0.15, -0.1) is 0 Å². The Morgan fingerprint density at radius 2 is 2.27 bits per heavy atom. The van der Waals surface area contributed by atoms with Crippen LogP contribution < -0.4 is 0 Å². The van der Waals surface area contributed by atoms with Gasteiger partial charge >= 0.3 is 5.97 Å². The molecule has 1 N–H and O–H groups in total. The van der Waals surface area contributed by atoms with E-state index in [9.17, 15) is 9.59 Å². The number of hydrogen-bond donors (Lipinski definition) is 1. The smallest absolute Gasteiger partial charge is 0.314 e. The number of hydrogen-bond acceptors (Lipinski definition) is 3. The van der Waals surface area contributed by atoms with Crippen LogP contribution in [-0.4, -0.2) is 21.8 Å². The number of carboxylic acids is 1. The molecule has 1 rings (SSSR count). The van der Waals surface area contributed by atoms with Crippen molar-refractivity contribution in [2.75, 3.05) is 0 Å². The third-order valence-corrected chi connectivity index (χ3v) is 2.32. The Bertz CT molecular complexity index is 392. The second-order valence-electron chi connectivity index (χ2n) is 3.00. The summed E-state index contributed by atoms with van der Waals surface area (Å²) < 4.78 is 0. The second kappa shape index (κ2) is 4.89. The molecule has 1 aromatic heterocycles. The highest BCUT2D eigenvalue weighted by Gasteiger charge is 2.27. The number of aliphatic carboxylic acids is 1. The summed E-state index contributed by atoms with van der Waals surface area (Å²) in [7, 11) is 0. The van der Waals surface area contributed by atoms with Crippen molar-refractivity contribution in [2.24, 2.45) is 5.92 Å². The Hall–Kier alpha value is -1.42. The van der Waals surface area contributed by atoms with Gasteiger partial charge in [0.1, 0.15) is 11.6 Å². The molecule has 0 saturated carbocycles. The first-order chi connectivity index (χ1) is 7.07. The van der Waals surface area contributed by atoms with Crippen LogP contribution in [0.15, 0.2) is 18.3 Å². The fraction of sp³-hybridized carbons (Fsp3) is 0.300. The average Bonchev–Trinajstić information content (AvgIpc) is 2.18. The highest BCUT2D eigenvalue weighted by molar-refractivity contribution is 6.34. The van der Waals surface area contributed by atoms with Crippen molar-refractivity contribution in [1.82, 2.24) is 4.98 Å². The zero-order chi connectivity index (χ0) is 11.4. The minimum atomic E-state index is -1.15. The van der Waals surface area contributed by atoms with E-state index in [1.165, 1.54) is 12.3 Å². The van der Waals surface area contributed by atoms with Gasteiger partial charge in [-0.05, 0) is 18.6 Å². The number of ketones is 1. The fourth-order valence-electron chi connectivity index (χ4n) is 1.20. The third kappa shape index (κ3) is 2.53. The lowest BCUT2D eigenvalue weighted by Crippen LogP contribution is -2.24. The molecule has 0 bridgehead atoms. The van der Waals surface area contributed by atoms with Crippen LogP contribution in [0, 0.1) is 5.92 Å². The Labute approximate surface area is 91.9 Å². The predicted octanol–water partition coefficient (Wildman–Crippen LogP) is 2.03. The molecule has 1 atom stereocenters. The lowest BCUT2D eigenvalue weighted by atomic mass is 9.99. The van der Waals surface area contributed by atoms with E-state index in [4.69, 9.17) is 16.7 Å². The summed E-state index contributed by atoms with van der Waals surface area (Å²) >= 11 is 5.75. The number of carboxylic acid groups (broad SMARTS) is 1. The summed E-state index contributed by atoms with van der Waals surface area (Å²) in [5, 5.41) is 8.99. The molecular formula is C10H10ClNO3. The summed E-state index contributed by atoms with van der Waals surface area (Å²) in [6, 6.07) is 3.09. The summed E-state index contributed by atoms with van der Waals surface area (Å²) in [4.78, 5) is 26.3. The predicted molar refractivity (Wildman–Crippen MR) is 55.0 cm³/mol. The van der Waals surface area contributed by atoms with Crippen molar-refractivity contribution < 1.29 is 14.7 Å². The number of carbonyl (C=O) groups is 2. The maximum Gasteiger partial charge on any atom is 0.314 e. The van der Waals surface area contributed by atoms with Crippen molar-refractivity contribution in [2.45, 2.75) is 13.3 Å². The van der Waals surface area contributed by atoms with Crippen LogP contribution in [0.2, 0.25) is 5.02 Å². The van der Waals surface area contributed by atoms with E-state index in [1.807, 2.05) is 0 Å². The van der Waals surface area contributed by atoms with E-state index in [2.05, 4.69) is 4.98 Å². The maximum absolute atomic E-state index is 11.7. The van der Waals surface area contributed by atoms with Gasteiger partial charge in [-0.25, -0.2) is 0 Å². The van der Waals surface area contributed by atoms with Crippen LogP contribution in [0.1, 0.15) is 23.8 Å². The van der Waals surface area contributed by atoms with Crippen LogP contribution in [0.5, 0.6) is 0 Å². The molecule has 15 heavy (non-hydrogen) atoms. The van der Waals surface area contributed by atoms with Crippen molar-refractivity contribution >= 4 is 23.4 Å². The molecule has 0 aliphatic rings. The van der Waals surface area contributed by atoms with Gasteiger partial charge in [-0.1, -0.05) is 18.5 Å². The summed E-state index contributed by atoms with van der Waals surface area (Å²) in [5.74, 6) is -2.77. The van der Waals surface area contributed by atoms with Gasteiger partial charge in [0, 0.05) is 6.20 Å². The number of halogens is 1. The molecule has 5 heteroatoms. The lowest BCUT2D eigenvalue weighted by molar-refractivity contribution is -0.140. The second-order valence-corrected chi connectivity index (χ2v) is 3.40. The zero-order valence-electron chi connectivity index (χ0n) is 8.11. The largest absolute Gasteiger partial charge is 0.481 e. The summed E-state index contributed by atoms with van der Waals surface area (Å²) in [6.07, 6.45) is 1.63.